The van der Waals surface area contributed by atoms with Crippen molar-refractivity contribution in [1.82, 2.24) is 24.6 Å². The van der Waals surface area contributed by atoms with Gasteiger partial charge in [-0.25, -0.2) is 28.7 Å². The van der Waals surface area contributed by atoms with Gasteiger partial charge in [0.05, 0.1) is 24.5 Å². The molecule has 3 heterocycles. The molecule has 0 aliphatic heterocycles. The Morgan fingerprint density at radius 2 is 2.13 bits per heavy atom. The van der Waals surface area contributed by atoms with Gasteiger partial charge < -0.3 is 11.1 Å². The Kier molecular flexibility index (Phi) is 5.16. The van der Waals surface area contributed by atoms with Crippen molar-refractivity contribution in [3.63, 3.8) is 0 Å². The standard InChI is InChI=1S/C20H16ClFN8/c1-3-14(28-20-18(24-2)19(23)26-10-27-20)13-8-16-25-9-15(21)30(16)29-17(13)11-5-4-6-12(22)7-11/h4-10,14H,3H2,1H3,(H3,23,26,27,28). The number of nitrogens with one attached hydrogen (secondary N) is 1. The maximum absolute atomic E-state index is 13.9. The third kappa shape index (κ3) is 3.49. The van der Waals surface area contributed by atoms with Crippen molar-refractivity contribution in [2.45, 2.75) is 19.4 Å². The second kappa shape index (κ2) is 7.93. The first-order valence-corrected chi connectivity index (χ1v) is 9.44. The highest BCUT2D eigenvalue weighted by Crippen LogP contribution is 2.35. The molecule has 1 aromatic carbocycles. The van der Waals surface area contributed by atoms with E-state index in [2.05, 4.69) is 30.2 Å². The molecule has 0 aliphatic rings. The highest BCUT2D eigenvalue weighted by atomic mass is 35.5. The average Bonchev–Trinajstić information content (AvgIpc) is 3.11. The number of rotatable bonds is 5. The number of hydrogen-bond acceptors (Lipinski definition) is 6. The molecule has 150 valence electrons. The maximum Gasteiger partial charge on any atom is 0.268 e. The molecule has 3 aromatic heterocycles. The van der Waals surface area contributed by atoms with Gasteiger partial charge in [0.25, 0.3) is 5.69 Å². The molecule has 1 atom stereocenters. The normalized spacial score (nSPS) is 11.9. The van der Waals surface area contributed by atoms with Crippen molar-refractivity contribution in [2.75, 3.05) is 11.1 Å². The lowest BCUT2D eigenvalue weighted by atomic mass is 9.98. The van der Waals surface area contributed by atoms with E-state index in [1.807, 2.05) is 13.0 Å². The van der Waals surface area contributed by atoms with Crippen LogP contribution in [-0.4, -0.2) is 24.6 Å². The van der Waals surface area contributed by atoms with Crippen molar-refractivity contribution >= 4 is 34.6 Å². The Hall–Kier alpha value is -3.77. The van der Waals surface area contributed by atoms with E-state index in [9.17, 15) is 4.39 Å². The van der Waals surface area contributed by atoms with Gasteiger partial charge in [0.2, 0.25) is 0 Å². The van der Waals surface area contributed by atoms with Gasteiger partial charge in [0, 0.05) is 11.1 Å². The van der Waals surface area contributed by atoms with Gasteiger partial charge >= 0.3 is 0 Å². The second-order valence-electron chi connectivity index (χ2n) is 6.48. The summed E-state index contributed by atoms with van der Waals surface area (Å²) in [6.45, 7) is 9.36. The van der Waals surface area contributed by atoms with Crippen molar-refractivity contribution in [1.29, 1.82) is 0 Å². The number of anilines is 2. The van der Waals surface area contributed by atoms with Crippen LogP contribution in [0.2, 0.25) is 5.15 Å². The van der Waals surface area contributed by atoms with Gasteiger partial charge in [0.1, 0.15) is 23.8 Å². The Morgan fingerprint density at radius 1 is 1.30 bits per heavy atom. The monoisotopic (exact) mass is 422 g/mol. The largest absolute Gasteiger partial charge is 0.392 e. The minimum Gasteiger partial charge on any atom is -0.392 e. The molecule has 3 N–H and O–H groups in total. The van der Waals surface area contributed by atoms with E-state index in [4.69, 9.17) is 23.9 Å². The Labute approximate surface area is 176 Å². The number of hydrogen-bond donors (Lipinski definition) is 2. The van der Waals surface area contributed by atoms with Gasteiger partial charge in [0.15, 0.2) is 10.8 Å². The van der Waals surface area contributed by atoms with Crippen LogP contribution in [0.3, 0.4) is 0 Å². The Bertz CT molecular complexity index is 1280. The van der Waals surface area contributed by atoms with Gasteiger partial charge in [-0.15, -0.1) is 0 Å². The first kappa shape index (κ1) is 19.5. The zero-order chi connectivity index (χ0) is 21.3. The third-order valence-electron chi connectivity index (χ3n) is 4.64. The molecule has 4 rings (SSSR count). The van der Waals surface area contributed by atoms with Crippen molar-refractivity contribution in [2.24, 2.45) is 0 Å². The quantitative estimate of drug-likeness (QED) is 0.453. The molecule has 8 nitrogen and oxygen atoms in total. The number of nitrogen functional groups attached to an aromatic ring is 1. The molecule has 0 fully saturated rings. The zero-order valence-corrected chi connectivity index (χ0v) is 16.6. The molecule has 0 spiro atoms. The second-order valence-corrected chi connectivity index (χ2v) is 6.87. The highest BCUT2D eigenvalue weighted by molar-refractivity contribution is 6.29. The molecule has 0 aliphatic carbocycles. The fourth-order valence-electron chi connectivity index (χ4n) is 3.20. The molecule has 0 radical (unpaired) electrons. The summed E-state index contributed by atoms with van der Waals surface area (Å²) >= 11 is 6.20. The number of fused-ring (bicyclic) bond motifs is 1. The smallest absolute Gasteiger partial charge is 0.268 e. The molecule has 10 heteroatoms. The van der Waals surface area contributed by atoms with E-state index in [1.165, 1.54) is 29.2 Å². The summed E-state index contributed by atoms with van der Waals surface area (Å²) in [7, 11) is 0. The van der Waals surface area contributed by atoms with E-state index in [-0.39, 0.29) is 23.4 Å². The van der Waals surface area contributed by atoms with Crippen LogP contribution in [0.4, 0.5) is 21.7 Å². The lowest BCUT2D eigenvalue weighted by Gasteiger charge is -2.22. The van der Waals surface area contributed by atoms with E-state index in [0.717, 1.165) is 5.56 Å². The molecule has 0 bridgehead atoms. The van der Waals surface area contributed by atoms with Gasteiger partial charge in [-0.05, 0) is 24.6 Å². The summed E-state index contributed by atoms with van der Waals surface area (Å²) in [6.07, 6.45) is 3.41. The summed E-state index contributed by atoms with van der Waals surface area (Å²) < 4.78 is 15.4. The summed E-state index contributed by atoms with van der Waals surface area (Å²) in [5.41, 5.74) is 8.38. The molecular formula is C20H16ClFN8. The predicted molar refractivity (Wildman–Crippen MR) is 113 cm³/mol. The fraction of sp³-hybridized carbons (Fsp3) is 0.150. The predicted octanol–water partition coefficient (Wildman–Crippen LogP) is 4.67. The van der Waals surface area contributed by atoms with Crippen LogP contribution in [0.25, 0.3) is 21.7 Å². The van der Waals surface area contributed by atoms with Crippen molar-refractivity contribution in [3.05, 3.63) is 70.8 Å². The first-order valence-electron chi connectivity index (χ1n) is 9.06. The molecular weight excluding hydrogens is 407 g/mol. The number of halogens is 2. The summed E-state index contributed by atoms with van der Waals surface area (Å²) in [5, 5.41) is 8.21. The van der Waals surface area contributed by atoms with Crippen LogP contribution >= 0.6 is 11.6 Å². The van der Waals surface area contributed by atoms with E-state index in [0.29, 0.717) is 34.3 Å². The number of nitrogens with two attached hydrogens (primary N) is 1. The molecule has 0 saturated heterocycles. The Morgan fingerprint density at radius 3 is 2.87 bits per heavy atom. The van der Waals surface area contributed by atoms with Gasteiger partial charge in [-0.2, -0.15) is 5.10 Å². The molecule has 0 amide bonds. The van der Waals surface area contributed by atoms with Crippen LogP contribution < -0.4 is 11.1 Å². The van der Waals surface area contributed by atoms with Crippen LogP contribution in [0.15, 0.2) is 42.9 Å². The first-order chi connectivity index (χ1) is 14.5. The topological polar surface area (TPSA) is 98.4 Å². The van der Waals surface area contributed by atoms with Crippen LogP contribution in [0, 0.1) is 12.4 Å². The summed E-state index contributed by atoms with van der Waals surface area (Å²) in [6, 6.07) is 7.68. The molecule has 4 aromatic rings. The summed E-state index contributed by atoms with van der Waals surface area (Å²) in [4.78, 5) is 15.7. The van der Waals surface area contributed by atoms with E-state index < -0.39 is 0 Å². The van der Waals surface area contributed by atoms with E-state index in [1.54, 1.807) is 12.1 Å². The lowest BCUT2D eigenvalue weighted by molar-refractivity contribution is 0.628. The minimum atomic E-state index is -0.378. The van der Waals surface area contributed by atoms with Crippen molar-refractivity contribution < 1.29 is 4.39 Å². The maximum atomic E-state index is 13.9. The van der Waals surface area contributed by atoms with Crippen LogP contribution in [-0.2, 0) is 0 Å². The van der Waals surface area contributed by atoms with Gasteiger partial charge in [-0.1, -0.05) is 30.7 Å². The third-order valence-corrected chi connectivity index (χ3v) is 4.89. The van der Waals surface area contributed by atoms with Crippen LogP contribution in [0.1, 0.15) is 24.9 Å². The average molecular weight is 423 g/mol. The summed E-state index contributed by atoms with van der Waals surface area (Å²) in [5.74, 6) is 0.0315. The molecule has 30 heavy (non-hydrogen) atoms. The van der Waals surface area contributed by atoms with E-state index >= 15 is 0 Å². The molecule has 1 unspecified atom stereocenters. The molecule has 0 saturated carbocycles. The SMILES string of the molecule is [C-]#[N+]c1c(N)ncnc1NC(CC)c1cc2ncc(Cl)n2nc1-c1cccc(F)c1. The Balaban J connectivity index is 1.88. The number of nitrogens with zero attached hydrogens (tertiary/aromatic N) is 6. The zero-order valence-electron chi connectivity index (χ0n) is 15.8. The minimum absolute atomic E-state index is 0.0938. The number of benzene rings is 1. The fourth-order valence-corrected chi connectivity index (χ4v) is 3.37. The lowest BCUT2D eigenvalue weighted by Crippen LogP contribution is -2.14. The highest BCUT2D eigenvalue weighted by Gasteiger charge is 2.21. The van der Waals surface area contributed by atoms with Crippen molar-refractivity contribution in [3.8, 4) is 11.3 Å². The van der Waals surface area contributed by atoms with Gasteiger partial charge in [-0.3, -0.25) is 0 Å². The number of aromatic nitrogens is 5. The number of imidazole rings is 1. The van der Waals surface area contributed by atoms with Crippen LogP contribution in [0.5, 0.6) is 0 Å².